The molecular formula is C34H39NO3. The van der Waals surface area contributed by atoms with E-state index >= 15 is 0 Å². The van der Waals surface area contributed by atoms with Gasteiger partial charge in [-0.25, -0.2) is 0 Å². The highest BCUT2D eigenvalue weighted by molar-refractivity contribution is 5.69. The molecule has 0 N–H and O–H groups in total. The normalized spacial score (nSPS) is 11.7. The van der Waals surface area contributed by atoms with Gasteiger partial charge in [0, 0.05) is 12.0 Å². The van der Waals surface area contributed by atoms with Crippen molar-refractivity contribution in [2.45, 2.75) is 57.8 Å². The third-order valence-electron chi connectivity index (χ3n) is 6.73. The van der Waals surface area contributed by atoms with E-state index in [4.69, 9.17) is 9.47 Å². The maximum absolute atomic E-state index is 11.5. The third kappa shape index (κ3) is 10.3. The van der Waals surface area contributed by atoms with E-state index < -0.39 is 0 Å². The van der Waals surface area contributed by atoms with Crippen LogP contribution in [0.15, 0.2) is 84.9 Å². The molecule has 3 aromatic carbocycles. The molecule has 0 spiro atoms. The molecule has 0 aromatic heterocycles. The molecule has 0 heterocycles. The van der Waals surface area contributed by atoms with Crippen LogP contribution in [0.25, 0.3) is 6.08 Å². The zero-order valence-corrected chi connectivity index (χ0v) is 22.5. The summed E-state index contributed by atoms with van der Waals surface area (Å²) in [5.41, 5.74) is 4.22. The first kappa shape index (κ1) is 28.7. The van der Waals surface area contributed by atoms with E-state index in [1.165, 1.54) is 12.7 Å². The first-order chi connectivity index (χ1) is 18.7. The van der Waals surface area contributed by atoms with Crippen LogP contribution in [0.5, 0.6) is 5.75 Å². The molecule has 38 heavy (non-hydrogen) atoms. The number of nitrogens with zero attached hydrogens (tertiary/aromatic N) is 1. The van der Waals surface area contributed by atoms with Gasteiger partial charge in [0.15, 0.2) is 0 Å². The second kappa shape index (κ2) is 16.8. The summed E-state index contributed by atoms with van der Waals surface area (Å²) < 4.78 is 10.9. The van der Waals surface area contributed by atoms with Crippen molar-refractivity contribution in [3.63, 3.8) is 0 Å². The Balaban J connectivity index is 1.57. The number of aryl methyl sites for hydroxylation is 1. The number of unbranched alkanes of at least 4 members (excludes halogenated alkanes) is 3. The lowest BCUT2D eigenvalue weighted by Crippen LogP contribution is -2.05. The number of methoxy groups -OCH3 is 1. The SMILES string of the molecule is COC(=O)CCCCC(/C=C/c1ccccc1OCCCCCc1ccccc1)Cc1ccccc1C#N. The lowest BCUT2D eigenvalue weighted by molar-refractivity contribution is -0.140. The molecule has 0 saturated carbocycles. The van der Waals surface area contributed by atoms with Crippen molar-refractivity contribution in [3.8, 4) is 11.8 Å². The van der Waals surface area contributed by atoms with E-state index in [1.54, 1.807) is 0 Å². The molecule has 3 rings (SSSR count). The lowest BCUT2D eigenvalue weighted by atomic mass is 9.90. The number of esters is 1. The zero-order valence-electron chi connectivity index (χ0n) is 22.5. The van der Waals surface area contributed by atoms with Gasteiger partial charge >= 0.3 is 5.97 Å². The van der Waals surface area contributed by atoms with Gasteiger partial charge in [-0.1, -0.05) is 85.3 Å². The average Bonchev–Trinajstić information content (AvgIpc) is 2.96. The number of hydrogen-bond acceptors (Lipinski definition) is 4. The molecule has 0 aliphatic rings. The highest BCUT2D eigenvalue weighted by Crippen LogP contribution is 2.24. The molecule has 0 fully saturated rings. The molecular weight excluding hydrogens is 470 g/mol. The second-order valence-corrected chi connectivity index (χ2v) is 9.60. The molecule has 1 atom stereocenters. The van der Waals surface area contributed by atoms with Gasteiger partial charge in [-0.05, 0) is 74.1 Å². The summed E-state index contributed by atoms with van der Waals surface area (Å²) in [6, 6.07) is 28.9. The Morgan fingerprint density at radius 1 is 0.895 bits per heavy atom. The molecule has 0 aliphatic carbocycles. The van der Waals surface area contributed by atoms with E-state index in [1.807, 2.05) is 42.5 Å². The van der Waals surface area contributed by atoms with Crippen LogP contribution in [0.3, 0.4) is 0 Å². The zero-order chi connectivity index (χ0) is 26.8. The van der Waals surface area contributed by atoms with E-state index in [0.717, 1.165) is 73.8 Å². The minimum absolute atomic E-state index is 0.168. The fourth-order valence-electron chi connectivity index (χ4n) is 4.56. The topological polar surface area (TPSA) is 59.3 Å². The van der Waals surface area contributed by atoms with E-state index in [9.17, 15) is 10.1 Å². The van der Waals surface area contributed by atoms with Crippen LogP contribution in [-0.2, 0) is 22.4 Å². The van der Waals surface area contributed by atoms with Crippen LogP contribution in [0, 0.1) is 17.2 Å². The van der Waals surface area contributed by atoms with E-state index in [0.29, 0.717) is 13.0 Å². The van der Waals surface area contributed by atoms with Crippen molar-refractivity contribution >= 4 is 12.0 Å². The number of benzene rings is 3. The highest BCUT2D eigenvalue weighted by Gasteiger charge is 2.11. The summed E-state index contributed by atoms with van der Waals surface area (Å²) in [5, 5.41) is 9.54. The van der Waals surface area contributed by atoms with Gasteiger partial charge < -0.3 is 9.47 Å². The Labute approximate surface area is 227 Å². The van der Waals surface area contributed by atoms with Gasteiger partial charge in [0.2, 0.25) is 0 Å². The van der Waals surface area contributed by atoms with Gasteiger partial charge in [-0.3, -0.25) is 4.79 Å². The number of rotatable bonds is 16. The van der Waals surface area contributed by atoms with Crippen LogP contribution in [0.1, 0.15) is 67.2 Å². The van der Waals surface area contributed by atoms with Crippen molar-refractivity contribution in [2.75, 3.05) is 13.7 Å². The Bertz CT molecular complexity index is 1180. The summed E-state index contributed by atoms with van der Waals surface area (Å²) in [6.45, 7) is 0.701. The summed E-state index contributed by atoms with van der Waals surface area (Å²) in [7, 11) is 1.43. The Morgan fingerprint density at radius 2 is 1.66 bits per heavy atom. The summed E-state index contributed by atoms with van der Waals surface area (Å²) in [4.78, 5) is 11.5. The van der Waals surface area contributed by atoms with Crippen molar-refractivity contribution in [2.24, 2.45) is 5.92 Å². The van der Waals surface area contributed by atoms with Crippen molar-refractivity contribution in [3.05, 3.63) is 107 Å². The van der Waals surface area contributed by atoms with Crippen LogP contribution in [0.4, 0.5) is 0 Å². The van der Waals surface area contributed by atoms with Crippen molar-refractivity contribution < 1.29 is 14.3 Å². The molecule has 0 bridgehead atoms. The molecule has 0 aliphatic heterocycles. The molecule has 3 aromatic rings. The lowest BCUT2D eigenvalue weighted by Gasteiger charge is -2.15. The van der Waals surface area contributed by atoms with Gasteiger partial charge in [0.05, 0.1) is 25.3 Å². The van der Waals surface area contributed by atoms with Crippen LogP contribution >= 0.6 is 0 Å². The van der Waals surface area contributed by atoms with Gasteiger partial charge in [0.1, 0.15) is 5.75 Å². The maximum Gasteiger partial charge on any atom is 0.305 e. The summed E-state index contributed by atoms with van der Waals surface area (Å²) in [5.74, 6) is 0.972. The molecule has 4 heteroatoms. The number of nitriles is 1. The minimum atomic E-state index is -0.168. The number of carbonyl (C=O) groups excluding carboxylic acids is 1. The van der Waals surface area contributed by atoms with E-state index in [-0.39, 0.29) is 11.9 Å². The predicted molar refractivity (Wildman–Crippen MR) is 154 cm³/mol. The van der Waals surface area contributed by atoms with Gasteiger partial charge in [-0.15, -0.1) is 0 Å². The Hall–Kier alpha value is -3.84. The fourth-order valence-corrected chi connectivity index (χ4v) is 4.56. The molecule has 0 amide bonds. The van der Waals surface area contributed by atoms with Crippen LogP contribution < -0.4 is 4.74 Å². The average molecular weight is 510 g/mol. The molecule has 1 unspecified atom stereocenters. The largest absolute Gasteiger partial charge is 0.493 e. The van der Waals surface area contributed by atoms with Crippen LogP contribution in [0.2, 0.25) is 0 Å². The summed E-state index contributed by atoms with van der Waals surface area (Å²) in [6.07, 6.45) is 12.7. The first-order valence-corrected chi connectivity index (χ1v) is 13.7. The van der Waals surface area contributed by atoms with Crippen LogP contribution in [-0.4, -0.2) is 19.7 Å². The summed E-state index contributed by atoms with van der Waals surface area (Å²) >= 11 is 0. The highest BCUT2D eigenvalue weighted by atomic mass is 16.5. The number of carbonyl (C=O) groups is 1. The van der Waals surface area contributed by atoms with E-state index in [2.05, 4.69) is 54.6 Å². The molecule has 198 valence electrons. The predicted octanol–water partition coefficient (Wildman–Crippen LogP) is 7.96. The minimum Gasteiger partial charge on any atom is -0.493 e. The van der Waals surface area contributed by atoms with Crippen molar-refractivity contribution in [1.29, 1.82) is 5.26 Å². The van der Waals surface area contributed by atoms with Gasteiger partial charge in [0.25, 0.3) is 0 Å². The Morgan fingerprint density at radius 3 is 2.47 bits per heavy atom. The quantitative estimate of drug-likeness (QED) is 0.145. The molecule has 0 radical (unpaired) electrons. The molecule has 0 saturated heterocycles. The first-order valence-electron chi connectivity index (χ1n) is 13.7. The Kier molecular flexibility index (Phi) is 12.7. The smallest absolute Gasteiger partial charge is 0.305 e. The van der Waals surface area contributed by atoms with Crippen molar-refractivity contribution in [1.82, 2.24) is 0 Å². The fraction of sp³-hybridized carbons (Fsp3) is 0.353. The third-order valence-corrected chi connectivity index (χ3v) is 6.73. The second-order valence-electron chi connectivity index (χ2n) is 9.60. The number of hydrogen-bond donors (Lipinski definition) is 0. The maximum atomic E-state index is 11.5. The monoisotopic (exact) mass is 509 g/mol. The number of allylic oxidation sites excluding steroid dienone is 1. The van der Waals surface area contributed by atoms with Gasteiger partial charge in [-0.2, -0.15) is 5.26 Å². The number of ether oxygens (including phenoxy) is 2. The standard InChI is InChI=1S/C34H39NO3/c1-37-34(36)22-12-7-17-29(26-31-19-8-9-20-32(31)27-35)23-24-30-18-10-11-21-33(30)38-25-13-3-6-16-28-14-4-2-5-15-28/h2,4-5,8-11,14-15,18-21,23-24,29H,3,6-7,12-13,16-17,22,25-26H2,1H3/b24-23+. The molecule has 4 nitrogen and oxygen atoms in total. The number of para-hydroxylation sites is 1.